The van der Waals surface area contributed by atoms with E-state index in [2.05, 4.69) is 11.4 Å². The standard InChI is InChI=1S/C26H24N2O4/c1-16(29)28-15-21(20-10-6-7-11-22(20)28)23-18-12-13-19(14-18)26(23,25(31)32-2)27-24(30)17-8-4-3-5-9-17/h3-13,15,18-19,23H,14H2,1-2H3,(H,27,30)/t18-,19+,23+,26+/m0/s1. The van der Waals surface area contributed by atoms with Crippen LogP contribution in [0.15, 0.2) is 72.9 Å². The second kappa shape index (κ2) is 7.48. The van der Waals surface area contributed by atoms with Crippen LogP contribution in [-0.4, -0.2) is 35.0 Å². The highest BCUT2D eigenvalue weighted by Crippen LogP contribution is 2.57. The molecule has 6 heteroatoms. The number of esters is 1. The summed E-state index contributed by atoms with van der Waals surface area (Å²) in [6.45, 7) is 1.52. The highest BCUT2D eigenvalue weighted by Gasteiger charge is 2.63. The molecule has 1 heterocycles. The van der Waals surface area contributed by atoms with E-state index in [-0.39, 0.29) is 29.6 Å². The van der Waals surface area contributed by atoms with Crippen LogP contribution in [0.5, 0.6) is 0 Å². The minimum Gasteiger partial charge on any atom is -0.467 e. The Bertz CT molecular complexity index is 1260. The lowest BCUT2D eigenvalue weighted by Crippen LogP contribution is -2.61. The second-order valence-corrected chi connectivity index (χ2v) is 8.54. The van der Waals surface area contributed by atoms with Crippen LogP contribution in [0.3, 0.4) is 0 Å². The topological polar surface area (TPSA) is 77.4 Å². The van der Waals surface area contributed by atoms with Crippen LogP contribution in [0.25, 0.3) is 10.9 Å². The number of fused-ring (bicyclic) bond motifs is 3. The Hall–Kier alpha value is -3.67. The van der Waals surface area contributed by atoms with Gasteiger partial charge in [-0.15, -0.1) is 0 Å². The van der Waals surface area contributed by atoms with Gasteiger partial charge in [-0.25, -0.2) is 4.79 Å². The van der Waals surface area contributed by atoms with E-state index in [1.807, 2.05) is 42.6 Å². The monoisotopic (exact) mass is 428 g/mol. The summed E-state index contributed by atoms with van der Waals surface area (Å²) in [6.07, 6.45) is 6.67. The smallest absolute Gasteiger partial charge is 0.332 e. The molecular weight excluding hydrogens is 404 g/mol. The van der Waals surface area contributed by atoms with Crippen molar-refractivity contribution in [2.24, 2.45) is 11.8 Å². The van der Waals surface area contributed by atoms with Gasteiger partial charge in [-0.2, -0.15) is 0 Å². The number of carbonyl (C=O) groups excluding carboxylic acids is 3. The van der Waals surface area contributed by atoms with E-state index in [0.717, 1.165) is 22.9 Å². The van der Waals surface area contributed by atoms with Gasteiger partial charge in [-0.1, -0.05) is 48.6 Å². The van der Waals surface area contributed by atoms with Crippen LogP contribution in [0.4, 0.5) is 0 Å². The lowest BCUT2D eigenvalue weighted by molar-refractivity contribution is -0.150. The molecule has 6 nitrogen and oxygen atoms in total. The van der Waals surface area contributed by atoms with Crippen molar-refractivity contribution in [2.45, 2.75) is 24.8 Å². The Morgan fingerprint density at radius 3 is 2.47 bits per heavy atom. The van der Waals surface area contributed by atoms with E-state index < -0.39 is 11.5 Å². The van der Waals surface area contributed by atoms with Gasteiger partial charge in [0.05, 0.1) is 12.6 Å². The third kappa shape index (κ3) is 2.83. The fraction of sp³-hybridized carbons (Fsp3) is 0.269. The lowest BCUT2D eigenvalue weighted by Gasteiger charge is -2.40. The Kier molecular flexibility index (Phi) is 4.73. The number of hydrogen-bond donors (Lipinski definition) is 1. The van der Waals surface area contributed by atoms with Crippen molar-refractivity contribution in [3.63, 3.8) is 0 Å². The molecule has 1 fully saturated rings. The molecule has 0 aliphatic heterocycles. The maximum Gasteiger partial charge on any atom is 0.332 e. The average Bonchev–Trinajstić information content (AvgIpc) is 3.51. The number of rotatable bonds is 4. The molecular formula is C26H24N2O4. The number of allylic oxidation sites excluding steroid dienone is 1. The summed E-state index contributed by atoms with van der Waals surface area (Å²) in [4.78, 5) is 39.0. The zero-order valence-corrected chi connectivity index (χ0v) is 17.9. The summed E-state index contributed by atoms with van der Waals surface area (Å²) in [7, 11) is 1.35. The Balaban J connectivity index is 1.70. The Labute approximate surface area is 185 Å². The van der Waals surface area contributed by atoms with Gasteiger partial charge in [0, 0.05) is 35.9 Å². The zero-order valence-electron chi connectivity index (χ0n) is 17.9. The molecule has 0 saturated heterocycles. The number of methoxy groups -OCH3 is 1. The third-order valence-corrected chi connectivity index (χ3v) is 6.92. The minimum absolute atomic E-state index is 0.0430. The molecule has 0 radical (unpaired) electrons. The molecule has 1 saturated carbocycles. The summed E-state index contributed by atoms with van der Waals surface area (Å²) >= 11 is 0. The molecule has 2 aliphatic carbocycles. The van der Waals surface area contributed by atoms with Crippen LogP contribution in [-0.2, 0) is 9.53 Å². The summed E-state index contributed by atoms with van der Waals surface area (Å²) in [6, 6.07) is 16.5. The van der Waals surface area contributed by atoms with Crippen LogP contribution in [0.2, 0.25) is 0 Å². The Morgan fingerprint density at radius 2 is 1.75 bits per heavy atom. The Morgan fingerprint density at radius 1 is 1.03 bits per heavy atom. The third-order valence-electron chi connectivity index (χ3n) is 6.92. The molecule has 1 amide bonds. The van der Waals surface area contributed by atoms with Crippen molar-refractivity contribution in [3.05, 3.63) is 84.1 Å². The van der Waals surface area contributed by atoms with Crippen molar-refractivity contribution in [1.82, 2.24) is 9.88 Å². The molecule has 2 aromatic carbocycles. The molecule has 2 bridgehead atoms. The van der Waals surface area contributed by atoms with E-state index in [0.29, 0.717) is 5.56 Å². The number of nitrogens with one attached hydrogen (secondary N) is 1. The predicted molar refractivity (Wildman–Crippen MR) is 120 cm³/mol. The number of benzene rings is 2. The molecule has 3 aromatic rings. The molecule has 2 aliphatic rings. The number of hydrogen-bond acceptors (Lipinski definition) is 4. The zero-order chi connectivity index (χ0) is 22.5. The quantitative estimate of drug-likeness (QED) is 0.505. The van der Waals surface area contributed by atoms with Gasteiger partial charge in [0.25, 0.3) is 5.91 Å². The first kappa shape index (κ1) is 20.2. The predicted octanol–water partition coefficient (Wildman–Crippen LogP) is 3.93. The fourth-order valence-electron chi connectivity index (χ4n) is 5.59. The van der Waals surface area contributed by atoms with E-state index in [1.54, 1.807) is 28.8 Å². The highest BCUT2D eigenvalue weighted by atomic mass is 16.5. The number of carbonyl (C=O) groups is 3. The van der Waals surface area contributed by atoms with Crippen molar-refractivity contribution in [2.75, 3.05) is 7.11 Å². The maximum absolute atomic E-state index is 13.4. The van der Waals surface area contributed by atoms with Gasteiger partial charge in [0.2, 0.25) is 5.91 Å². The summed E-state index contributed by atoms with van der Waals surface area (Å²) in [5, 5.41) is 3.98. The highest BCUT2D eigenvalue weighted by molar-refractivity contribution is 6.00. The van der Waals surface area contributed by atoms with Crippen molar-refractivity contribution < 1.29 is 19.1 Å². The van der Waals surface area contributed by atoms with Gasteiger partial charge in [-0.3, -0.25) is 14.2 Å². The van der Waals surface area contributed by atoms with Crippen LogP contribution >= 0.6 is 0 Å². The summed E-state index contributed by atoms with van der Waals surface area (Å²) in [5.74, 6) is -1.41. The van der Waals surface area contributed by atoms with Gasteiger partial charge in [0.15, 0.2) is 5.54 Å². The first-order valence-electron chi connectivity index (χ1n) is 10.7. The van der Waals surface area contributed by atoms with Crippen molar-refractivity contribution in [3.8, 4) is 0 Å². The molecule has 32 heavy (non-hydrogen) atoms. The van der Waals surface area contributed by atoms with Crippen molar-refractivity contribution >= 4 is 28.7 Å². The van der Waals surface area contributed by atoms with E-state index >= 15 is 0 Å². The molecule has 5 rings (SSSR count). The largest absolute Gasteiger partial charge is 0.467 e. The number of para-hydroxylation sites is 1. The van der Waals surface area contributed by atoms with E-state index in [9.17, 15) is 14.4 Å². The molecule has 0 unspecified atom stereocenters. The fourth-order valence-corrected chi connectivity index (χ4v) is 5.59. The minimum atomic E-state index is -1.26. The van der Waals surface area contributed by atoms with Gasteiger partial charge < -0.3 is 10.1 Å². The van der Waals surface area contributed by atoms with E-state index in [1.165, 1.54) is 14.0 Å². The van der Waals surface area contributed by atoms with Gasteiger partial charge >= 0.3 is 5.97 Å². The molecule has 162 valence electrons. The van der Waals surface area contributed by atoms with Crippen molar-refractivity contribution in [1.29, 1.82) is 0 Å². The molecule has 0 spiro atoms. The SMILES string of the molecule is COC(=O)[C@@]1(NC(=O)c2ccccc2)[C@@H]2C=C[C@@H](C2)[C@@H]1c1cn(C(C)=O)c2ccccc12. The molecule has 1 N–H and O–H groups in total. The number of ether oxygens (including phenoxy) is 1. The first-order valence-corrected chi connectivity index (χ1v) is 10.7. The average molecular weight is 428 g/mol. The number of amides is 1. The summed E-state index contributed by atoms with van der Waals surface area (Å²) < 4.78 is 6.90. The van der Waals surface area contributed by atoms with E-state index in [4.69, 9.17) is 4.74 Å². The van der Waals surface area contributed by atoms with Gasteiger partial charge in [0.1, 0.15) is 0 Å². The van der Waals surface area contributed by atoms with Crippen LogP contribution in [0.1, 0.15) is 40.0 Å². The number of nitrogens with zero attached hydrogens (tertiary/aromatic N) is 1. The molecule has 1 aromatic heterocycles. The molecule has 4 atom stereocenters. The van der Waals surface area contributed by atoms with Crippen LogP contribution in [0, 0.1) is 11.8 Å². The normalized spacial score (nSPS) is 25.8. The second-order valence-electron chi connectivity index (χ2n) is 8.54. The summed E-state index contributed by atoms with van der Waals surface area (Å²) in [5.41, 5.74) is 0.876. The van der Waals surface area contributed by atoms with Gasteiger partial charge in [-0.05, 0) is 36.1 Å². The number of aromatic nitrogens is 1. The van der Waals surface area contributed by atoms with Crippen LogP contribution < -0.4 is 5.32 Å². The maximum atomic E-state index is 13.4. The lowest BCUT2D eigenvalue weighted by atomic mass is 9.71. The first-order chi connectivity index (χ1) is 15.5.